The first-order valence-electron chi connectivity index (χ1n) is 17.6. The van der Waals surface area contributed by atoms with Gasteiger partial charge in [0, 0.05) is 26.5 Å². The molecule has 0 atom stereocenters. The summed E-state index contributed by atoms with van der Waals surface area (Å²) in [6.45, 7) is 0. The summed E-state index contributed by atoms with van der Waals surface area (Å²) in [6, 6.07) is 69.5. The van der Waals surface area contributed by atoms with Crippen LogP contribution in [-0.2, 0) is 5.41 Å². The molecule has 11 rings (SSSR count). The standard InChI is InChI=1S/C49H31NS/c1-2-16-34(17-3-1)50(35-30-28-33(29-31-35)37-22-12-15-32-14-4-5-18-36(32)37)44-26-13-23-41-46(44)49(47-40-21-8-11-27-45(40)51-48(41)47)42-24-9-6-19-38(42)39-20-7-10-25-43(39)49/h1-31H. The lowest BCUT2D eigenvalue weighted by molar-refractivity contribution is 0.801. The van der Waals surface area contributed by atoms with Gasteiger partial charge in [-0.05, 0) is 97.1 Å². The second-order valence-electron chi connectivity index (χ2n) is 13.6. The summed E-state index contributed by atoms with van der Waals surface area (Å²) in [4.78, 5) is 3.86. The zero-order valence-corrected chi connectivity index (χ0v) is 28.6. The molecule has 2 aliphatic rings. The highest BCUT2D eigenvalue weighted by Gasteiger charge is 2.55. The van der Waals surface area contributed by atoms with E-state index in [1.54, 1.807) is 0 Å². The third-order valence-corrected chi connectivity index (χ3v) is 12.3. The van der Waals surface area contributed by atoms with Crippen LogP contribution in [0.4, 0.5) is 17.1 Å². The fraction of sp³-hybridized carbons (Fsp3) is 0.0204. The molecule has 0 unspecified atom stereocenters. The van der Waals surface area contributed by atoms with Crippen LogP contribution in [0.2, 0.25) is 0 Å². The molecule has 1 nitrogen and oxygen atoms in total. The van der Waals surface area contributed by atoms with Gasteiger partial charge in [-0.15, -0.1) is 11.3 Å². The van der Waals surface area contributed by atoms with Crippen molar-refractivity contribution in [3.05, 3.63) is 210 Å². The topological polar surface area (TPSA) is 3.24 Å². The van der Waals surface area contributed by atoms with Gasteiger partial charge in [0.1, 0.15) is 0 Å². The molecule has 0 N–H and O–H groups in total. The number of para-hydroxylation sites is 1. The largest absolute Gasteiger partial charge is 0.310 e. The number of rotatable bonds is 4. The molecular weight excluding hydrogens is 635 g/mol. The van der Waals surface area contributed by atoms with Crippen molar-refractivity contribution in [1.29, 1.82) is 0 Å². The molecule has 2 heteroatoms. The average molecular weight is 666 g/mol. The summed E-state index contributed by atoms with van der Waals surface area (Å²) in [5, 5.41) is 3.87. The predicted molar refractivity (Wildman–Crippen MR) is 216 cm³/mol. The number of fused-ring (bicyclic) bond motifs is 13. The number of benzene rings is 8. The van der Waals surface area contributed by atoms with Gasteiger partial charge >= 0.3 is 0 Å². The van der Waals surface area contributed by atoms with Gasteiger partial charge in [-0.25, -0.2) is 0 Å². The summed E-state index contributed by atoms with van der Waals surface area (Å²) in [6.07, 6.45) is 0. The van der Waals surface area contributed by atoms with E-state index in [0.717, 1.165) is 11.4 Å². The minimum absolute atomic E-state index is 0.468. The van der Waals surface area contributed by atoms with Gasteiger partial charge in [-0.3, -0.25) is 0 Å². The fourth-order valence-electron chi connectivity index (χ4n) is 9.09. The van der Waals surface area contributed by atoms with Crippen molar-refractivity contribution >= 4 is 49.3 Å². The van der Waals surface area contributed by atoms with Crippen LogP contribution < -0.4 is 4.90 Å². The molecule has 238 valence electrons. The number of hydrogen-bond donors (Lipinski definition) is 0. The summed E-state index contributed by atoms with van der Waals surface area (Å²) in [5.74, 6) is 0. The van der Waals surface area contributed by atoms with Crippen LogP contribution in [0.1, 0.15) is 22.3 Å². The van der Waals surface area contributed by atoms with E-state index in [9.17, 15) is 0 Å². The Labute approximate surface area is 301 Å². The highest BCUT2D eigenvalue weighted by atomic mass is 32.1. The Hall–Kier alpha value is -6.22. The molecule has 1 spiro atoms. The molecule has 0 aliphatic heterocycles. The Kier molecular flexibility index (Phi) is 6.11. The third kappa shape index (κ3) is 3.91. The smallest absolute Gasteiger partial charge is 0.0760 e. The number of nitrogens with zero attached hydrogens (tertiary/aromatic N) is 1. The molecule has 0 radical (unpaired) electrons. The van der Waals surface area contributed by atoms with Crippen LogP contribution in [0.5, 0.6) is 0 Å². The summed E-state index contributed by atoms with van der Waals surface area (Å²) < 4.78 is 1.34. The SMILES string of the molecule is c1ccc(N(c2ccc(-c3cccc4ccccc34)cc2)c2cccc3c2C2(c4ccccc4-c4ccccc42)c2c-3sc3ccccc23)cc1. The lowest BCUT2D eigenvalue weighted by Gasteiger charge is -2.36. The van der Waals surface area contributed by atoms with E-state index in [1.165, 1.54) is 81.5 Å². The van der Waals surface area contributed by atoms with Gasteiger partial charge in [0.15, 0.2) is 0 Å². The molecule has 0 saturated carbocycles. The molecule has 0 amide bonds. The summed E-state index contributed by atoms with van der Waals surface area (Å²) in [7, 11) is 0. The first kappa shape index (κ1) is 28.6. The highest BCUT2D eigenvalue weighted by Crippen LogP contribution is 2.68. The van der Waals surface area contributed by atoms with E-state index in [-0.39, 0.29) is 0 Å². The van der Waals surface area contributed by atoms with Crippen LogP contribution in [0.15, 0.2) is 188 Å². The van der Waals surface area contributed by atoms with E-state index in [4.69, 9.17) is 0 Å². The maximum Gasteiger partial charge on any atom is 0.0760 e. The van der Waals surface area contributed by atoms with Crippen molar-refractivity contribution in [1.82, 2.24) is 0 Å². The van der Waals surface area contributed by atoms with E-state index >= 15 is 0 Å². The number of anilines is 3. The lowest BCUT2D eigenvalue weighted by Crippen LogP contribution is -2.28. The highest BCUT2D eigenvalue weighted by molar-refractivity contribution is 7.22. The lowest BCUT2D eigenvalue weighted by atomic mass is 9.69. The average Bonchev–Trinajstić information content (AvgIpc) is 3.83. The van der Waals surface area contributed by atoms with E-state index in [0.29, 0.717) is 0 Å². The van der Waals surface area contributed by atoms with Crippen LogP contribution in [0.3, 0.4) is 0 Å². The van der Waals surface area contributed by atoms with E-state index < -0.39 is 5.41 Å². The monoisotopic (exact) mass is 665 g/mol. The Morgan fingerprint density at radius 1 is 0.392 bits per heavy atom. The summed E-state index contributed by atoms with van der Waals surface area (Å²) >= 11 is 1.93. The van der Waals surface area contributed by atoms with Gasteiger partial charge in [0.25, 0.3) is 0 Å². The maximum absolute atomic E-state index is 2.48. The first-order valence-corrected chi connectivity index (χ1v) is 18.4. The van der Waals surface area contributed by atoms with Gasteiger partial charge < -0.3 is 4.90 Å². The van der Waals surface area contributed by atoms with Crippen molar-refractivity contribution in [2.45, 2.75) is 5.41 Å². The molecule has 2 aliphatic carbocycles. The normalized spacial score (nSPS) is 13.3. The summed E-state index contributed by atoms with van der Waals surface area (Å²) in [5.41, 5.74) is 14.9. The van der Waals surface area contributed by atoms with Crippen LogP contribution in [0.25, 0.3) is 53.6 Å². The molecule has 9 aromatic rings. The van der Waals surface area contributed by atoms with Crippen LogP contribution >= 0.6 is 11.3 Å². The quantitative estimate of drug-likeness (QED) is 0.181. The Balaban J connectivity index is 1.20. The molecule has 1 aromatic heterocycles. The van der Waals surface area contributed by atoms with Gasteiger partial charge in [-0.2, -0.15) is 0 Å². The van der Waals surface area contributed by atoms with Crippen molar-refractivity contribution in [2.24, 2.45) is 0 Å². The molecule has 8 aromatic carbocycles. The molecule has 0 saturated heterocycles. The van der Waals surface area contributed by atoms with Crippen LogP contribution in [-0.4, -0.2) is 0 Å². The third-order valence-electron chi connectivity index (χ3n) is 11.1. The fourth-order valence-corrected chi connectivity index (χ4v) is 10.4. The van der Waals surface area contributed by atoms with Gasteiger partial charge in [-0.1, -0.05) is 152 Å². The van der Waals surface area contributed by atoms with Crippen molar-refractivity contribution in [3.63, 3.8) is 0 Å². The molecular formula is C49H31NS. The van der Waals surface area contributed by atoms with Gasteiger partial charge in [0.2, 0.25) is 0 Å². The molecule has 0 fully saturated rings. The number of thiophene rings is 1. The predicted octanol–water partition coefficient (Wildman–Crippen LogP) is 13.5. The minimum Gasteiger partial charge on any atom is -0.310 e. The van der Waals surface area contributed by atoms with Crippen molar-refractivity contribution in [2.75, 3.05) is 4.90 Å². The molecule has 0 bridgehead atoms. The van der Waals surface area contributed by atoms with Crippen molar-refractivity contribution < 1.29 is 0 Å². The second-order valence-corrected chi connectivity index (χ2v) is 14.6. The molecule has 1 heterocycles. The Morgan fingerprint density at radius 2 is 0.961 bits per heavy atom. The van der Waals surface area contributed by atoms with E-state index in [2.05, 4.69) is 193 Å². The van der Waals surface area contributed by atoms with Crippen LogP contribution in [0, 0.1) is 0 Å². The second kappa shape index (κ2) is 10.9. The zero-order chi connectivity index (χ0) is 33.5. The maximum atomic E-state index is 2.48. The molecule has 51 heavy (non-hydrogen) atoms. The van der Waals surface area contributed by atoms with Crippen molar-refractivity contribution in [3.8, 4) is 32.7 Å². The minimum atomic E-state index is -0.468. The Morgan fingerprint density at radius 3 is 1.75 bits per heavy atom. The van der Waals surface area contributed by atoms with Gasteiger partial charge in [0.05, 0.1) is 11.1 Å². The number of hydrogen-bond acceptors (Lipinski definition) is 2. The van der Waals surface area contributed by atoms with E-state index in [1.807, 2.05) is 11.3 Å². The zero-order valence-electron chi connectivity index (χ0n) is 27.8. The first-order chi connectivity index (χ1) is 25.3. The Bertz CT molecular complexity index is 2760.